The summed E-state index contributed by atoms with van der Waals surface area (Å²) in [6.07, 6.45) is 0. The van der Waals surface area contributed by atoms with Crippen molar-refractivity contribution in [2.45, 2.75) is 6.04 Å². The first-order chi connectivity index (χ1) is 13.2. The summed E-state index contributed by atoms with van der Waals surface area (Å²) in [7, 11) is 0. The van der Waals surface area contributed by atoms with E-state index in [4.69, 9.17) is 4.42 Å². The third-order valence-electron chi connectivity index (χ3n) is 4.10. The molecule has 0 spiro atoms. The minimum absolute atomic E-state index is 0.287. The Hall–Kier alpha value is -2.99. The molecule has 1 heterocycles. The van der Waals surface area contributed by atoms with Crippen LogP contribution in [0.3, 0.4) is 0 Å². The van der Waals surface area contributed by atoms with Gasteiger partial charge in [-0.15, -0.1) is 10.2 Å². The minimum Gasteiger partial charge on any atom is -0.418 e. The molecule has 134 valence electrons. The predicted octanol–water partition coefficient (Wildman–Crippen LogP) is 5.84. The van der Waals surface area contributed by atoms with Crippen molar-refractivity contribution < 1.29 is 8.81 Å². The van der Waals surface area contributed by atoms with Gasteiger partial charge in [0.2, 0.25) is 11.8 Å². The molecule has 0 unspecified atom stereocenters. The average molecular weight is 424 g/mol. The molecule has 4 rings (SSSR count). The van der Waals surface area contributed by atoms with Gasteiger partial charge in [0.25, 0.3) is 0 Å². The van der Waals surface area contributed by atoms with Crippen molar-refractivity contribution in [1.29, 1.82) is 0 Å². The third kappa shape index (κ3) is 3.75. The monoisotopic (exact) mass is 423 g/mol. The molecule has 0 aliphatic rings. The highest BCUT2D eigenvalue weighted by atomic mass is 79.9. The fourth-order valence-electron chi connectivity index (χ4n) is 2.76. The van der Waals surface area contributed by atoms with Crippen LogP contribution in [0.4, 0.5) is 10.1 Å². The highest BCUT2D eigenvalue weighted by Crippen LogP contribution is 2.32. The maximum Gasteiger partial charge on any atom is 0.247 e. The van der Waals surface area contributed by atoms with E-state index in [-0.39, 0.29) is 11.7 Å². The van der Waals surface area contributed by atoms with Crippen LogP contribution in [0.1, 0.15) is 17.5 Å². The Labute approximate surface area is 164 Å². The summed E-state index contributed by atoms with van der Waals surface area (Å²) in [4.78, 5) is 0. The van der Waals surface area contributed by atoms with Gasteiger partial charge in [-0.25, -0.2) is 4.39 Å². The average Bonchev–Trinajstić information content (AvgIpc) is 3.19. The molecule has 3 aromatic carbocycles. The first-order valence-electron chi connectivity index (χ1n) is 8.36. The number of nitrogens with zero attached hydrogens (tertiary/aromatic N) is 2. The molecule has 1 aromatic heterocycles. The SMILES string of the molecule is Fc1ccccc1[C@@H](Nc1ccccc1Br)c1nnc(-c2ccccc2)o1. The second kappa shape index (κ2) is 7.72. The van der Waals surface area contributed by atoms with Crippen LogP contribution >= 0.6 is 15.9 Å². The van der Waals surface area contributed by atoms with E-state index < -0.39 is 6.04 Å². The Morgan fingerprint density at radius 1 is 0.852 bits per heavy atom. The van der Waals surface area contributed by atoms with Crippen molar-refractivity contribution in [1.82, 2.24) is 10.2 Å². The lowest BCUT2D eigenvalue weighted by Gasteiger charge is -2.18. The van der Waals surface area contributed by atoms with E-state index >= 15 is 0 Å². The summed E-state index contributed by atoms with van der Waals surface area (Å²) in [6, 6.07) is 23.0. The van der Waals surface area contributed by atoms with Gasteiger partial charge in [0, 0.05) is 21.3 Å². The van der Waals surface area contributed by atoms with E-state index in [0.29, 0.717) is 11.5 Å². The topological polar surface area (TPSA) is 51.0 Å². The van der Waals surface area contributed by atoms with Gasteiger partial charge in [0.05, 0.1) is 0 Å². The first kappa shape index (κ1) is 17.4. The molecule has 4 nitrogen and oxygen atoms in total. The van der Waals surface area contributed by atoms with Crippen molar-refractivity contribution in [2.75, 3.05) is 5.32 Å². The minimum atomic E-state index is -0.630. The number of para-hydroxylation sites is 1. The van der Waals surface area contributed by atoms with Crippen LogP contribution in [0.15, 0.2) is 87.8 Å². The van der Waals surface area contributed by atoms with Gasteiger partial charge in [0.1, 0.15) is 11.9 Å². The second-order valence-electron chi connectivity index (χ2n) is 5.89. The van der Waals surface area contributed by atoms with E-state index in [1.165, 1.54) is 6.07 Å². The fraction of sp³-hybridized carbons (Fsp3) is 0.0476. The number of nitrogens with one attached hydrogen (secondary N) is 1. The van der Waals surface area contributed by atoms with Crippen molar-refractivity contribution in [3.63, 3.8) is 0 Å². The van der Waals surface area contributed by atoms with Gasteiger partial charge < -0.3 is 9.73 Å². The van der Waals surface area contributed by atoms with E-state index in [2.05, 4.69) is 31.4 Å². The van der Waals surface area contributed by atoms with Crippen LogP contribution in [0, 0.1) is 5.82 Å². The third-order valence-corrected chi connectivity index (χ3v) is 4.79. The maximum atomic E-state index is 14.5. The highest BCUT2D eigenvalue weighted by Gasteiger charge is 2.24. The summed E-state index contributed by atoms with van der Waals surface area (Å²) < 4.78 is 21.3. The van der Waals surface area contributed by atoms with Crippen molar-refractivity contribution in [3.05, 3.63) is 101 Å². The molecule has 0 saturated carbocycles. The van der Waals surface area contributed by atoms with Crippen LogP contribution in [-0.4, -0.2) is 10.2 Å². The molecule has 0 amide bonds. The number of anilines is 1. The quantitative estimate of drug-likeness (QED) is 0.437. The van der Waals surface area contributed by atoms with E-state index in [0.717, 1.165) is 15.7 Å². The van der Waals surface area contributed by atoms with Gasteiger partial charge >= 0.3 is 0 Å². The van der Waals surface area contributed by atoms with Crippen LogP contribution < -0.4 is 5.32 Å². The standard InChI is InChI=1S/C21H15BrFN3O/c22-16-11-5-7-13-18(16)24-19(15-10-4-6-12-17(15)23)21-26-25-20(27-21)14-8-2-1-3-9-14/h1-13,19,24H/t19-/m1/s1. The van der Waals surface area contributed by atoms with Crippen LogP contribution in [0.2, 0.25) is 0 Å². The second-order valence-corrected chi connectivity index (χ2v) is 6.74. The van der Waals surface area contributed by atoms with Gasteiger partial charge in [-0.3, -0.25) is 0 Å². The van der Waals surface area contributed by atoms with Gasteiger partial charge in [-0.1, -0.05) is 48.5 Å². The number of aromatic nitrogens is 2. The van der Waals surface area contributed by atoms with Gasteiger partial charge in [-0.2, -0.15) is 0 Å². The molecule has 6 heteroatoms. The Morgan fingerprint density at radius 2 is 1.56 bits per heavy atom. The predicted molar refractivity (Wildman–Crippen MR) is 106 cm³/mol. The fourth-order valence-corrected chi connectivity index (χ4v) is 3.16. The Bertz CT molecular complexity index is 1050. The molecule has 0 aliphatic carbocycles. The van der Waals surface area contributed by atoms with Crippen molar-refractivity contribution in [2.24, 2.45) is 0 Å². The largest absolute Gasteiger partial charge is 0.418 e. The van der Waals surface area contributed by atoms with Gasteiger partial charge in [0.15, 0.2) is 0 Å². The zero-order valence-corrected chi connectivity index (χ0v) is 15.7. The summed E-state index contributed by atoms with van der Waals surface area (Å²) in [6.45, 7) is 0. The molecule has 0 aliphatic heterocycles. The van der Waals surface area contributed by atoms with Crippen LogP contribution in [0.5, 0.6) is 0 Å². The van der Waals surface area contributed by atoms with E-state index in [9.17, 15) is 4.39 Å². The number of rotatable bonds is 5. The Kier molecular flexibility index (Phi) is 4.98. The van der Waals surface area contributed by atoms with E-state index in [1.807, 2.05) is 54.6 Å². The molecular weight excluding hydrogens is 409 g/mol. The zero-order valence-electron chi connectivity index (χ0n) is 14.1. The summed E-state index contributed by atoms with van der Waals surface area (Å²) in [5, 5.41) is 11.6. The van der Waals surface area contributed by atoms with Crippen LogP contribution in [0.25, 0.3) is 11.5 Å². The Balaban J connectivity index is 1.76. The molecule has 27 heavy (non-hydrogen) atoms. The van der Waals surface area contributed by atoms with Crippen molar-refractivity contribution >= 4 is 21.6 Å². The number of hydrogen-bond acceptors (Lipinski definition) is 4. The molecular formula is C21H15BrFN3O. The molecule has 0 saturated heterocycles. The molecule has 4 aromatic rings. The molecule has 1 N–H and O–H groups in total. The number of hydrogen-bond donors (Lipinski definition) is 1. The molecule has 0 bridgehead atoms. The molecule has 0 radical (unpaired) electrons. The zero-order chi connectivity index (χ0) is 18.6. The van der Waals surface area contributed by atoms with E-state index in [1.54, 1.807) is 18.2 Å². The lowest BCUT2D eigenvalue weighted by Crippen LogP contribution is -2.14. The lowest BCUT2D eigenvalue weighted by atomic mass is 10.1. The highest BCUT2D eigenvalue weighted by molar-refractivity contribution is 9.10. The summed E-state index contributed by atoms with van der Waals surface area (Å²) in [5.74, 6) is 0.331. The van der Waals surface area contributed by atoms with Crippen LogP contribution in [-0.2, 0) is 0 Å². The lowest BCUT2D eigenvalue weighted by molar-refractivity contribution is 0.485. The number of benzene rings is 3. The Morgan fingerprint density at radius 3 is 2.33 bits per heavy atom. The van der Waals surface area contributed by atoms with Gasteiger partial charge in [-0.05, 0) is 46.3 Å². The first-order valence-corrected chi connectivity index (χ1v) is 9.16. The summed E-state index contributed by atoms with van der Waals surface area (Å²) >= 11 is 3.51. The normalized spacial score (nSPS) is 11.9. The molecule has 0 fully saturated rings. The number of halogens is 2. The smallest absolute Gasteiger partial charge is 0.247 e. The summed E-state index contributed by atoms with van der Waals surface area (Å²) in [5.41, 5.74) is 2.03. The van der Waals surface area contributed by atoms with Crippen molar-refractivity contribution in [3.8, 4) is 11.5 Å². The maximum absolute atomic E-state index is 14.5. The molecule has 1 atom stereocenters.